The molecule has 22 heavy (non-hydrogen) atoms. The maximum Gasteiger partial charge on any atom is 0.247 e. The van der Waals surface area contributed by atoms with Gasteiger partial charge in [0.05, 0.1) is 6.54 Å². The summed E-state index contributed by atoms with van der Waals surface area (Å²) in [5.41, 5.74) is 1.86. The van der Waals surface area contributed by atoms with Crippen LogP contribution in [-0.2, 0) is 4.79 Å². The zero-order chi connectivity index (χ0) is 15.7. The highest BCUT2D eigenvalue weighted by molar-refractivity contribution is 5.92. The number of carbonyl (C=O) groups excluding carboxylic acids is 1. The third kappa shape index (κ3) is 3.33. The first-order valence-electron chi connectivity index (χ1n) is 7.34. The van der Waals surface area contributed by atoms with Gasteiger partial charge in [0.1, 0.15) is 0 Å². The van der Waals surface area contributed by atoms with Crippen molar-refractivity contribution in [3.63, 3.8) is 0 Å². The molecule has 0 radical (unpaired) electrons. The van der Waals surface area contributed by atoms with E-state index in [1.54, 1.807) is 6.92 Å². The molecule has 1 aliphatic rings. The number of amides is 1. The van der Waals surface area contributed by atoms with Gasteiger partial charge in [-0.3, -0.25) is 9.69 Å². The Kier molecular flexibility index (Phi) is 3.70. The van der Waals surface area contributed by atoms with E-state index in [4.69, 9.17) is 4.42 Å². The van der Waals surface area contributed by atoms with E-state index in [-0.39, 0.29) is 5.91 Å². The summed E-state index contributed by atoms with van der Waals surface area (Å²) in [4.78, 5) is 14.2. The molecule has 3 rings (SSSR count). The summed E-state index contributed by atoms with van der Waals surface area (Å²) in [6.45, 7) is 8.50. The van der Waals surface area contributed by atoms with Crippen molar-refractivity contribution in [3.05, 3.63) is 30.2 Å². The topological polar surface area (TPSA) is 71.3 Å². The molecule has 0 bridgehead atoms. The molecule has 116 valence electrons. The third-order valence-electron chi connectivity index (χ3n) is 3.59. The van der Waals surface area contributed by atoms with Crippen molar-refractivity contribution >= 4 is 11.6 Å². The lowest BCUT2D eigenvalue weighted by Gasteiger charge is -2.45. The molecule has 1 saturated heterocycles. The summed E-state index contributed by atoms with van der Waals surface area (Å²) < 4.78 is 5.40. The molecule has 2 aromatic rings. The van der Waals surface area contributed by atoms with Crippen molar-refractivity contribution < 1.29 is 9.21 Å². The predicted molar refractivity (Wildman–Crippen MR) is 83.3 cm³/mol. The second-order valence-corrected chi connectivity index (χ2v) is 6.56. The van der Waals surface area contributed by atoms with Crippen LogP contribution < -0.4 is 5.32 Å². The zero-order valence-corrected chi connectivity index (χ0v) is 13.1. The number of aryl methyl sites for hydroxylation is 1. The van der Waals surface area contributed by atoms with E-state index < -0.39 is 0 Å². The number of likely N-dealkylation sites (tertiary alicyclic amines) is 1. The highest BCUT2D eigenvalue weighted by atomic mass is 16.4. The number of hydrogen-bond acceptors (Lipinski definition) is 5. The number of hydrogen-bond donors (Lipinski definition) is 1. The maximum absolute atomic E-state index is 12.1. The SMILES string of the molecule is Cc1nnc(-c2cccc(NC(=O)CN3CC(C)(C)C3)c2)o1. The van der Waals surface area contributed by atoms with Gasteiger partial charge in [0.25, 0.3) is 0 Å². The first-order chi connectivity index (χ1) is 10.4. The summed E-state index contributed by atoms with van der Waals surface area (Å²) in [5.74, 6) is 0.970. The Morgan fingerprint density at radius 3 is 2.77 bits per heavy atom. The van der Waals surface area contributed by atoms with Crippen molar-refractivity contribution in [1.82, 2.24) is 15.1 Å². The van der Waals surface area contributed by atoms with Gasteiger partial charge in [-0.25, -0.2) is 0 Å². The number of nitrogens with one attached hydrogen (secondary N) is 1. The normalized spacial score (nSPS) is 17.0. The van der Waals surface area contributed by atoms with E-state index in [0.717, 1.165) is 24.3 Å². The molecule has 1 aromatic carbocycles. The Morgan fingerprint density at radius 1 is 1.36 bits per heavy atom. The first kappa shape index (κ1) is 14.7. The van der Waals surface area contributed by atoms with Gasteiger partial charge in [0.15, 0.2) is 0 Å². The molecule has 6 heteroatoms. The largest absolute Gasteiger partial charge is 0.421 e. The Hall–Kier alpha value is -2.21. The molecule has 0 atom stereocenters. The summed E-state index contributed by atoms with van der Waals surface area (Å²) >= 11 is 0. The van der Waals surface area contributed by atoms with E-state index in [0.29, 0.717) is 23.7 Å². The second-order valence-electron chi connectivity index (χ2n) is 6.56. The fraction of sp³-hybridized carbons (Fsp3) is 0.438. The van der Waals surface area contributed by atoms with Gasteiger partial charge in [-0.1, -0.05) is 19.9 Å². The summed E-state index contributed by atoms with van der Waals surface area (Å²) in [6.07, 6.45) is 0. The van der Waals surface area contributed by atoms with Gasteiger partial charge in [-0.2, -0.15) is 0 Å². The average molecular weight is 300 g/mol. The molecule has 1 fully saturated rings. The molecular formula is C16H20N4O2. The van der Waals surface area contributed by atoms with Gasteiger partial charge >= 0.3 is 0 Å². The Bertz CT molecular complexity index is 685. The molecule has 6 nitrogen and oxygen atoms in total. The van der Waals surface area contributed by atoms with E-state index in [9.17, 15) is 4.79 Å². The predicted octanol–water partition coefficient (Wildman–Crippen LogP) is 2.33. The number of carbonyl (C=O) groups is 1. The summed E-state index contributed by atoms with van der Waals surface area (Å²) in [7, 11) is 0. The molecule has 1 N–H and O–H groups in total. The van der Waals surface area contributed by atoms with Crippen LogP contribution in [-0.4, -0.2) is 40.6 Å². The van der Waals surface area contributed by atoms with Gasteiger partial charge in [0, 0.05) is 31.3 Å². The molecule has 0 spiro atoms. The van der Waals surface area contributed by atoms with E-state index in [2.05, 4.69) is 34.3 Å². The monoisotopic (exact) mass is 300 g/mol. The lowest BCUT2D eigenvalue weighted by atomic mass is 9.84. The fourth-order valence-corrected chi connectivity index (χ4v) is 2.82. The van der Waals surface area contributed by atoms with Crippen molar-refractivity contribution in [2.24, 2.45) is 5.41 Å². The van der Waals surface area contributed by atoms with Crippen LogP contribution in [0.25, 0.3) is 11.5 Å². The summed E-state index contributed by atoms with van der Waals surface area (Å²) in [5, 5.41) is 10.7. The molecule has 1 aliphatic heterocycles. The minimum Gasteiger partial charge on any atom is -0.421 e. The van der Waals surface area contributed by atoms with Crippen molar-refractivity contribution in [2.75, 3.05) is 25.0 Å². The van der Waals surface area contributed by atoms with Crippen molar-refractivity contribution in [3.8, 4) is 11.5 Å². The van der Waals surface area contributed by atoms with Crippen LogP contribution in [0.4, 0.5) is 5.69 Å². The number of benzene rings is 1. The molecular weight excluding hydrogens is 280 g/mol. The Labute approximate surface area is 129 Å². The highest BCUT2D eigenvalue weighted by Crippen LogP contribution is 2.28. The average Bonchev–Trinajstić information content (AvgIpc) is 2.83. The molecule has 0 aliphatic carbocycles. The van der Waals surface area contributed by atoms with Crippen LogP contribution in [0.2, 0.25) is 0 Å². The number of nitrogens with zero attached hydrogens (tertiary/aromatic N) is 3. The first-order valence-corrected chi connectivity index (χ1v) is 7.34. The van der Waals surface area contributed by atoms with Gasteiger partial charge < -0.3 is 9.73 Å². The lowest BCUT2D eigenvalue weighted by Crippen LogP contribution is -2.54. The van der Waals surface area contributed by atoms with Crippen LogP contribution in [0, 0.1) is 12.3 Å². The molecule has 0 saturated carbocycles. The van der Waals surface area contributed by atoms with Gasteiger partial charge in [0.2, 0.25) is 17.7 Å². The highest BCUT2D eigenvalue weighted by Gasteiger charge is 2.34. The van der Waals surface area contributed by atoms with E-state index in [1.807, 2.05) is 24.3 Å². The number of anilines is 1. The van der Waals surface area contributed by atoms with Crippen LogP contribution in [0.3, 0.4) is 0 Å². The Morgan fingerprint density at radius 2 is 2.14 bits per heavy atom. The van der Waals surface area contributed by atoms with E-state index >= 15 is 0 Å². The summed E-state index contributed by atoms with van der Waals surface area (Å²) in [6, 6.07) is 7.42. The van der Waals surface area contributed by atoms with E-state index in [1.165, 1.54) is 0 Å². The minimum atomic E-state index is -0.00522. The maximum atomic E-state index is 12.1. The molecule has 1 amide bonds. The molecule has 0 unspecified atom stereocenters. The quantitative estimate of drug-likeness (QED) is 0.938. The standard InChI is InChI=1S/C16H20N4O2/c1-11-18-19-15(22-11)12-5-4-6-13(7-12)17-14(21)8-20-9-16(2,3)10-20/h4-7H,8-10H2,1-3H3,(H,17,21). The van der Waals surface area contributed by atoms with Crippen molar-refractivity contribution in [1.29, 1.82) is 0 Å². The third-order valence-corrected chi connectivity index (χ3v) is 3.59. The van der Waals surface area contributed by atoms with Gasteiger partial charge in [-0.05, 0) is 23.6 Å². The van der Waals surface area contributed by atoms with Gasteiger partial charge in [-0.15, -0.1) is 10.2 Å². The van der Waals surface area contributed by atoms with Crippen LogP contribution >= 0.6 is 0 Å². The zero-order valence-electron chi connectivity index (χ0n) is 13.1. The smallest absolute Gasteiger partial charge is 0.247 e. The van der Waals surface area contributed by atoms with Crippen LogP contribution in [0.5, 0.6) is 0 Å². The molecule has 2 heterocycles. The van der Waals surface area contributed by atoms with Crippen LogP contribution in [0.15, 0.2) is 28.7 Å². The lowest BCUT2D eigenvalue weighted by molar-refractivity contribution is -0.120. The fourth-order valence-electron chi connectivity index (χ4n) is 2.82. The second kappa shape index (κ2) is 5.53. The Balaban J connectivity index is 1.62. The number of aromatic nitrogens is 2. The number of rotatable bonds is 4. The van der Waals surface area contributed by atoms with Crippen LogP contribution in [0.1, 0.15) is 19.7 Å². The minimum absolute atomic E-state index is 0.00522. The van der Waals surface area contributed by atoms with Crippen molar-refractivity contribution in [2.45, 2.75) is 20.8 Å². The molecule has 1 aromatic heterocycles.